The largest absolute Gasteiger partial charge is 0.378 e. The number of hydrogen-bond acceptors (Lipinski definition) is 6. The number of aromatic nitrogens is 1. The topological polar surface area (TPSA) is 93.1 Å². The van der Waals surface area contributed by atoms with E-state index >= 15 is 0 Å². The van der Waals surface area contributed by atoms with Crippen LogP contribution in [0.15, 0.2) is 36.8 Å². The second-order valence-corrected chi connectivity index (χ2v) is 9.06. The lowest BCUT2D eigenvalue weighted by atomic mass is 9.98. The number of aryl methyl sites for hydroxylation is 1. The van der Waals surface area contributed by atoms with Gasteiger partial charge < -0.3 is 26.3 Å². The van der Waals surface area contributed by atoms with Gasteiger partial charge in [0.2, 0.25) is 0 Å². The quantitative estimate of drug-likeness (QED) is 0.440. The lowest BCUT2D eigenvalue weighted by Gasteiger charge is -2.33. The van der Waals surface area contributed by atoms with Crippen LogP contribution in [0, 0.1) is 18.2 Å². The van der Waals surface area contributed by atoms with E-state index in [1.54, 1.807) is 25.5 Å². The molecule has 9 heteroatoms. The molecule has 1 aliphatic heterocycles. The Hall–Kier alpha value is -3.33. The molecule has 1 aromatic heterocycles. The molecule has 0 spiro atoms. The molecule has 2 aromatic rings. The molecule has 1 aromatic carbocycles. The minimum Gasteiger partial charge on any atom is -0.378 e. The molecular weight excluding hydrogens is 438 g/mol. The van der Waals surface area contributed by atoms with Gasteiger partial charge in [0.15, 0.2) is 0 Å². The SMILES string of the molecule is Cc1cc(F)c(C(=O)NC2CC2)cc1/C(C=N)=C/Nc1cncc(NC2CCN(C)CC2F)c1. The monoisotopic (exact) mass is 468 g/mol. The van der Waals surface area contributed by atoms with E-state index in [0.29, 0.717) is 41.0 Å². The van der Waals surface area contributed by atoms with Gasteiger partial charge in [-0.2, -0.15) is 0 Å². The van der Waals surface area contributed by atoms with Crippen molar-refractivity contribution in [2.45, 2.75) is 44.4 Å². The van der Waals surface area contributed by atoms with Gasteiger partial charge in [0.05, 0.1) is 35.4 Å². The Balaban J connectivity index is 1.50. The summed E-state index contributed by atoms with van der Waals surface area (Å²) in [6.45, 7) is 2.96. The van der Waals surface area contributed by atoms with Crippen molar-refractivity contribution in [1.29, 1.82) is 5.41 Å². The highest BCUT2D eigenvalue weighted by atomic mass is 19.1. The fourth-order valence-corrected chi connectivity index (χ4v) is 4.04. The molecule has 180 valence electrons. The predicted octanol–water partition coefficient (Wildman–Crippen LogP) is 3.98. The van der Waals surface area contributed by atoms with Gasteiger partial charge in [-0.15, -0.1) is 0 Å². The lowest BCUT2D eigenvalue weighted by Crippen LogP contribution is -2.46. The first-order chi connectivity index (χ1) is 16.3. The van der Waals surface area contributed by atoms with Crippen LogP contribution < -0.4 is 16.0 Å². The number of benzene rings is 1. The van der Waals surface area contributed by atoms with Crippen molar-refractivity contribution in [2.24, 2.45) is 0 Å². The Morgan fingerprint density at radius 2 is 1.94 bits per heavy atom. The lowest BCUT2D eigenvalue weighted by molar-refractivity contribution is 0.0947. The normalized spacial score (nSPS) is 21.1. The number of rotatable bonds is 8. The van der Waals surface area contributed by atoms with Gasteiger partial charge >= 0.3 is 0 Å². The number of halogens is 2. The van der Waals surface area contributed by atoms with Crippen LogP contribution in [0.25, 0.3) is 5.57 Å². The zero-order valence-electron chi connectivity index (χ0n) is 19.4. The van der Waals surface area contributed by atoms with Gasteiger partial charge in [-0.05, 0) is 62.6 Å². The van der Waals surface area contributed by atoms with Crippen LogP contribution in [0.5, 0.6) is 0 Å². The highest BCUT2D eigenvalue weighted by Crippen LogP contribution is 2.25. The molecule has 1 amide bonds. The van der Waals surface area contributed by atoms with Gasteiger partial charge in [0.25, 0.3) is 5.91 Å². The van der Waals surface area contributed by atoms with E-state index in [9.17, 15) is 13.6 Å². The van der Waals surface area contributed by atoms with Crippen LogP contribution in [0.4, 0.5) is 20.2 Å². The molecular formula is C25H30F2N6O. The third kappa shape index (κ3) is 5.77. The number of piperidine rings is 1. The summed E-state index contributed by atoms with van der Waals surface area (Å²) in [5.74, 6) is -1.03. The average Bonchev–Trinajstić information content (AvgIpc) is 3.61. The summed E-state index contributed by atoms with van der Waals surface area (Å²) < 4.78 is 28.8. The number of likely N-dealkylation sites (tertiary alicyclic amines) is 1. The first kappa shape index (κ1) is 23.8. The number of nitrogens with one attached hydrogen (secondary N) is 4. The van der Waals surface area contributed by atoms with Crippen molar-refractivity contribution in [3.63, 3.8) is 0 Å². The number of carbonyl (C=O) groups is 1. The molecule has 1 saturated heterocycles. The number of allylic oxidation sites excluding steroid dienone is 1. The second kappa shape index (κ2) is 10.3. The molecule has 1 saturated carbocycles. The summed E-state index contributed by atoms with van der Waals surface area (Å²) in [6.07, 6.45) is 7.59. The van der Waals surface area contributed by atoms with Crippen LogP contribution in [0.1, 0.15) is 40.7 Å². The Morgan fingerprint density at radius 3 is 2.65 bits per heavy atom. The third-order valence-electron chi connectivity index (χ3n) is 6.17. The summed E-state index contributed by atoms with van der Waals surface area (Å²) in [5, 5.41) is 17.0. The van der Waals surface area contributed by atoms with Gasteiger partial charge in [-0.1, -0.05) is 0 Å². The maximum atomic E-state index is 14.5. The summed E-state index contributed by atoms with van der Waals surface area (Å²) in [4.78, 5) is 18.6. The Bertz CT molecular complexity index is 1100. The average molecular weight is 469 g/mol. The van der Waals surface area contributed by atoms with E-state index in [4.69, 9.17) is 5.41 Å². The summed E-state index contributed by atoms with van der Waals surface area (Å²) in [6, 6.07) is 4.46. The van der Waals surface area contributed by atoms with Crippen molar-refractivity contribution in [3.8, 4) is 0 Å². The van der Waals surface area contributed by atoms with Crippen LogP contribution in [-0.4, -0.2) is 60.4 Å². The van der Waals surface area contributed by atoms with Crippen molar-refractivity contribution in [1.82, 2.24) is 15.2 Å². The van der Waals surface area contributed by atoms with Crippen molar-refractivity contribution in [2.75, 3.05) is 30.8 Å². The van der Waals surface area contributed by atoms with Crippen molar-refractivity contribution < 1.29 is 13.6 Å². The van der Waals surface area contributed by atoms with E-state index in [1.165, 1.54) is 12.1 Å². The number of nitrogens with zero attached hydrogens (tertiary/aromatic N) is 2. The molecule has 4 rings (SSSR count). The van der Waals surface area contributed by atoms with Gasteiger partial charge in [-0.3, -0.25) is 9.78 Å². The van der Waals surface area contributed by atoms with Crippen LogP contribution in [-0.2, 0) is 0 Å². The molecule has 0 bridgehead atoms. The van der Waals surface area contributed by atoms with Gasteiger partial charge in [-0.25, -0.2) is 8.78 Å². The van der Waals surface area contributed by atoms with Crippen LogP contribution >= 0.6 is 0 Å². The molecule has 0 radical (unpaired) electrons. The standard InChI is InChI=1S/C25H30F2N6O/c1-15-7-22(26)21(25(34)32-17-3-4-17)9-20(15)16(10-28)11-30-18-8-19(13-29-12-18)31-24-5-6-33(2)14-23(24)27/h7-13,17,23-24,28,30-31H,3-6,14H2,1-2H3,(H,32,34)/b16-11+,28-10?. The Kier molecular flexibility index (Phi) is 7.21. The van der Waals surface area contributed by atoms with Crippen LogP contribution in [0.2, 0.25) is 0 Å². The van der Waals surface area contributed by atoms with E-state index in [2.05, 4.69) is 20.9 Å². The maximum absolute atomic E-state index is 14.5. The number of amides is 1. The highest BCUT2D eigenvalue weighted by Gasteiger charge is 2.27. The number of alkyl halides is 1. The summed E-state index contributed by atoms with van der Waals surface area (Å²) in [7, 11) is 1.91. The van der Waals surface area contributed by atoms with Crippen molar-refractivity contribution >= 4 is 29.1 Å². The maximum Gasteiger partial charge on any atom is 0.254 e. The number of anilines is 2. The smallest absolute Gasteiger partial charge is 0.254 e. The zero-order valence-corrected chi connectivity index (χ0v) is 19.4. The highest BCUT2D eigenvalue weighted by molar-refractivity contribution is 6.10. The molecule has 7 nitrogen and oxygen atoms in total. The molecule has 2 atom stereocenters. The molecule has 2 fully saturated rings. The first-order valence-electron chi connectivity index (χ1n) is 11.5. The molecule has 4 N–H and O–H groups in total. The molecule has 34 heavy (non-hydrogen) atoms. The first-order valence-corrected chi connectivity index (χ1v) is 11.5. The Labute approximate surface area is 198 Å². The summed E-state index contributed by atoms with van der Waals surface area (Å²) in [5.41, 5.74) is 2.99. The van der Waals surface area contributed by atoms with Gasteiger partial charge in [0, 0.05) is 37.1 Å². The van der Waals surface area contributed by atoms with Gasteiger partial charge in [0.1, 0.15) is 12.0 Å². The predicted molar refractivity (Wildman–Crippen MR) is 131 cm³/mol. The number of hydrogen-bond donors (Lipinski definition) is 4. The van der Waals surface area contributed by atoms with E-state index in [-0.39, 0.29) is 17.6 Å². The molecule has 2 heterocycles. The number of carbonyl (C=O) groups excluding carboxylic acids is 1. The fourth-order valence-electron chi connectivity index (χ4n) is 4.04. The van der Waals surface area contributed by atoms with E-state index in [1.807, 2.05) is 18.0 Å². The van der Waals surface area contributed by atoms with E-state index < -0.39 is 17.9 Å². The van der Waals surface area contributed by atoms with Crippen LogP contribution in [0.3, 0.4) is 0 Å². The van der Waals surface area contributed by atoms with Crippen molar-refractivity contribution in [3.05, 3.63) is 59.3 Å². The summed E-state index contributed by atoms with van der Waals surface area (Å²) >= 11 is 0. The second-order valence-electron chi connectivity index (χ2n) is 9.06. The zero-order chi connectivity index (χ0) is 24.2. The Morgan fingerprint density at radius 1 is 1.18 bits per heavy atom. The molecule has 2 aliphatic rings. The minimum absolute atomic E-state index is 0.0352. The van der Waals surface area contributed by atoms with E-state index in [0.717, 1.165) is 25.6 Å². The number of pyridine rings is 1. The third-order valence-corrected chi connectivity index (χ3v) is 6.17. The molecule has 1 aliphatic carbocycles. The minimum atomic E-state index is -0.965. The fraction of sp³-hybridized carbons (Fsp3) is 0.400. The molecule has 2 unspecified atom stereocenters.